The first kappa shape index (κ1) is 24.5. The average molecular weight is 512 g/mol. The number of nitrogens with one attached hydrogen (secondary N) is 1. The molecule has 1 aliphatic carbocycles. The van der Waals surface area contributed by atoms with Crippen LogP contribution in [0.15, 0.2) is 36.5 Å². The van der Waals surface area contributed by atoms with Gasteiger partial charge in [0.15, 0.2) is 0 Å². The highest BCUT2D eigenvalue weighted by molar-refractivity contribution is 7.92. The van der Waals surface area contributed by atoms with E-state index >= 15 is 0 Å². The number of amides is 3. The van der Waals surface area contributed by atoms with Crippen LogP contribution in [0, 0.1) is 0 Å². The van der Waals surface area contributed by atoms with Crippen LogP contribution in [0.25, 0.3) is 0 Å². The number of hydrogen-bond donors (Lipinski definition) is 1. The van der Waals surface area contributed by atoms with Gasteiger partial charge < -0.3 is 10.2 Å². The summed E-state index contributed by atoms with van der Waals surface area (Å²) in [5.74, 6) is 0.365. The first-order chi connectivity index (χ1) is 16.8. The molecule has 0 atom stereocenters. The van der Waals surface area contributed by atoms with Crippen LogP contribution < -0.4 is 14.5 Å². The van der Waals surface area contributed by atoms with E-state index in [1.165, 1.54) is 15.5 Å². The van der Waals surface area contributed by atoms with Gasteiger partial charge in [0.1, 0.15) is 11.4 Å². The number of aromatic nitrogens is 1. The van der Waals surface area contributed by atoms with Gasteiger partial charge in [-0.1, -0.05) is 12.5 Å². The maximum atomic E-state index is 13.6. The second-order valence-corrected chi connectivity index (χ2v) is 12.9. The largest absolute Gasteiger partial charge is 0.368 e. The van der Waals surface area contributed by atoms with E-state index in [9.17, 15) is 18.0 Å². The normalized spacial score (nSPS) is 20.3. The Kier molecular flexibility index (Phi) is 5.59. The van der Waals surface area contributed by atoms with E-state index in [0.29, 0.717) is 23.7 Å². The van der Waals surface area contributed by atoms with Crippen LogP contribution in [0.2, 0.25) is 0 Å². The third-order valence-corrected chi connectivity index (χ3v) is 8.79. The molecule has 0 radical (unpaired) electrons. The molecule has 1 aromatic carbocycles. The van der Waals surface area contributed by atoms with Crippen molar-refractivity contribution in [1.82, 2.24) is 9.88 Å². The molecule has 1 N–H and O–H groups in total. The quantitative estimate of drug-likeness (QED) is 0.591. The number of sulfonamides is 1. The summed E-state index contributed by atoms with van der Waals surface area (Å²) in [5.41, 5.74) is 1.57. The van der Waals surface area contributed by atoms with Gasteiger partial charge in [0, 0.05) is 30.7 Å². The molecule has 1 spiro atoms. The highest BCUT2D eigenvalue weighted by atomic mass is 32.2. The summed E-state index contributed by atoms with van der Waals surface area (Å²) in [7, 11) is -3.50. The monoisotopic (exact) mass is 511 g/mol. The first-order valence-electron chi connectivity index (χ1n) is 12.3. The molecule has 2 aliphatic heterocycles. The van der Waals surface area contributed by atoms with Crippen molar-refractivity contribution in [3.05, 3.63) is 47.7 Å². The molecule has 2 fully saturated rings. The average Bonchev–Trinajstić information content (AvgIpc) is 3.20. The molecule has 9 nitrogen and oxygen atoms in total. The molecular formula is C26H33N5O4S. The molecule has 1 saturated heterocycles. The number of anilines is 3. The topological polar surface area (TPSA) is 103 Å². The summed E-state index contributed by atoms with van der Waals surface area (Å²) < 4.78 is 26.6. The van der Waals surface area contributed by atoms with Gasteiger partial charge in [0.25, 0.3) is 5.91 Å². The van der Waals surface area contributed by atoms with E-state index in [1.54, 1.807) is 37.1 Å². The van der Waals surface area contributed by atoms with Crippen molar-refractivity contribution >= 4 is 39.2 Å². The maximum absolute atomic E-state index is 13.6. The van der Waals surface area contributed by atoms with Gasteiger partial charge in [-0.15, -0.1) is 0 Å². The van der Waals surface area contributed by atoms with Gasteiger partial charge in [-0.25, -0.2) is 23.1 Å². The zero-order chi connectivity index (χ0) is 26.0. The molecule has 1 aromatic heterocycles. The lowest BCUT2D eigenvalue weighted by Gasteiger charge is -2.38. The standard InChI is InChI=1S/C26H33N5O4S/c1-17(2)28-22-13-18(9-12-27-22)15-29-24(33)31(23(32)25(29,3)4)19-7-8-20-21(14-19)30(36(5,34)35)16-26(20)10-6-11-26/h7-9,12-14,17H,6,10-11,15-16H2,1-5H3,(H,27,28). The minimum absolute atomic E-state index is 0.162. The maximum Gasteiger partial charge on any atom is 0.332 e. The number of carbonyl (C=O) groups is 2. The molecule has 36 heavy (non-hydrogen) atoms. The SMILES string of the molecule is CC(C)Nc1cc(CN2C(=O)N(c3ccc4c(c3)N(S(C)(=O)=O)CC43CCC3)C(=O)C2(C)C)ccn1. The highest BCUT2D eigenvalue weighted by Crippen LogP contribution is 2.54. The van der Waals surface area contributed by atoms with E-state index in [0.717, 1.165) is 30.4 Å². The van der Waals surface area contributed by atoms with Crippen molar-refractivity contribution in [2.75, 3.05) is 27.3 Å². The van der Waals surface area contributed by atoms with Crippen LogP contribution in [-0.4, -0.2) is 54.6 Å². The van der Waals surface area contributed by atoms with Gasteiger partial charge in [-0.2, -0.15) is 0 Å². The number of nitrogens with zero attached hydrogens (tertiary/aromatic N) is 4. The van der Waals surface area contributed by atoms with Gasteiger partial charge in [-0.3, -0.25) is 9.10 Å². The van der Waals surface area contributed by atoms with Crippen LogP contribution in [0.5, 0.6) is 0 Å². The van der Waals surface area contributed by atoms with Crippen molar-refractivity contribution in [2.24, 2.45) is 0 Å². The molecule has 1 saturated carbocycles. The summed E-state index contributed by atoms with van der Waals surface area (Å²) >= 11 is 0. The van der Waals surface area contributed by atoms with Crippen LogP contribution in [0.4, 0.5) is 22.0 Å². The van der Waals surface area contributed by atoms with E-state index < -0.39 is 21.6 Å². The Hall–Kier alpha value is -3.14. The number of hydrogen-bond acceptors (Lipinski definition) is 6. The molecule has 3 aliphatic rings. The zero-order valence-electron chi connectivity index (χ0n) is 21.4. The third kappa shape index (κ3) is 3.82. The Morgan fingerprint density at radius 2 is 1.83 bits per heavy atom. The third-order valence-electron chi connectivity index (χ3n) is 7.66. The molecule has 0 bridgehead atoms. The van der Waals surface area contributed by atoms with Crippen LogP contribution in [0.3, 0.4) is 0 Å². The van der Waals surface area contributed by atoms with E-state index in [2.05, 4.69) is 10.3 Å². The number of imide groups is 1. The Labute approximate surface area is 212 Å². The molecular weight excluding hydrogens is 478 g/mol. The number of pyridine rings is 1. The lowest BCUT2D eigenvalue weighted by Crippen LogP contribution is -2.43. The molecule has 3 amide bonds. The Morgan fingerprint density at radius 1 is 1.11 bits per heavy atom. The Morgan fingerprint density at radius 3 is 2.44 bits per heavy atom. The van der Waals surface area contributed by atoms with Crippen molar-refractivity contribution in [3.63, 3.8) is 0 Å². The van der Waals surface area contributed by atoms with Crippen LogP contribution in [0.1, 0.15) is 58.1 Å². The van der Waals surface area contributed by atoms with Crippen molar-refractivity contribution in [3.8, 4) is 0 Å². The summed E-state index contributed by atoms with van der Waals surface area (Å²) in [4.78, 5) is 34.2. The fourth-order valence-electron chi connectivity index (χ4n) is 5.54. The Balaban J connectivity index is 1.48. The molecule has 192 valence electrons. The number of carbonyl (C=O) groups excluding carboxylic acids is 2. The van der Waals surface area contributed by atoms with Gasteiger partial charge in [-0.05, 0) is 75.9 Å². The summed E-state index contributed by atoms with van der Waals surface area (Å²) in [5, 5.41) is 3.26. The fourth-order valence-corrected chi connectivity index (χ4v) is 6.53. The molecule has 0 unspecified atom stereocenters. The Bertz CT molecular complexity index is 1350. The van der Waals surface area contributed by atoms with Crippen molar-refractivity contribution in [2.45, 2.75) is 70.5 Å². The molecule has 5 rings (SSSR count). The molecule has 2 aromatic rings. The van der Waals surface area contributed by atoms with E-state index in [4.69, 9.17) is 0 Å². The number of urea groups is 1. The fraction of sp³-hybridized carbons (Fsp3) is 0.500. The van der Waals surface area contributed by atoms with E-state index in [1.807, 2.05) is 32.0 Å². The zero-order valence-corrected chi connectivity index (χ0v) is 22.2. The highest BCUT2D eigenvalue weighted by Gasteiger charge is 2.53. The molecule has 10 heteroatoms. The van der Waals surface area contributed by atoms with Crippen molar-refractivity contribution < 1.29 is 18.0 Å². The number of rotatable bonds is 6. The number of fused-ring (bicyclic) bond motifs is 2. The predicted octanol–water partition coefficient (Wildman–Crippen LogP) is 3.85. The van der Waals surface area contributed by atoms with Gasteiger partial charge in [0.2, 0.25) is 10.0 Å². The number of benzene rings is 1. The smallest absolute Gasteiger partial charge is 0.332 e. The van der Waals surface area contributed by atoms with Gasteiger partial charge in [0.05, 0.1) is 17.6 Å². The summed E-state index contributed by atoms with van der Waals surface area (Å²) in [6.45, 7) is 8.17. The first-order valence-corrected chi connectivity index (χ1v) is 14.2. The summed E-state index contributed by atoms with van der Waals surface area (Å²) in [6, 6.07) is 8.86. The van der Waals surface area contributed by atoms with Crippen molar-refractivity contribution in [1.29, 1.82) is 0 Å². The molecule has 3 heterocycles. The van der Waals surface area contributed by atoms with Gasteiger partial charge >= 0.3 is 6.03 Å². The van der Waals surface area contributed by atoms with Crippen LogP contribution >= 0.6 is 0 Å². The second kappa shape index (κ2) is 8.19. The minimum atomic E-state index is -3.50. The predicted molar refractivity (Wildman–Crippen MR) is 140 cm³/mol. The minimum Gasteiger partial charge on any atom is -0.368 e. The lowest BCUT2D eigenvalue weighted by molar-refractivity contribution is -0.123. The summed E-state index contributed by atoms with van der Waals surface area (Å²) in [6.07, 6.45) is 5.83. The van der Waals surface area contributed by atoms with Crippen LogP contribution in [-0.2, 0) is 26.8 Å². The lowest BCUT2D eigenvalue weighted by atomic mass is 9.66. The second-order valence-electron chi connectivity index (χ2n) is 11.0. The van der Waals surface area contributed by atoms with E-state index in [-0.39, 0.29) is 23.9 Å².